The van der Waals surface area contributed by atoms with Gasteiger partial charge in [-0.15, -0.1) is 0 Å². The average Bonchev–Trinajstić information content (AvgIpc) is 2.63. The number of hydrogen-bond donors (Lipinski definition) is 1. The summed E-state index contributed by atoms with van der Waals surface area (Å²) in [7, 11) is 1.84. The van der Waals surface area contributed by atoms with Crippen LogP contribution in [0, 0.1) is 6.92 Å². The summed E-state index contributed by atoms with van der Waals surface area (Å²) in [6.45, 7) is 3.92. The summed E-state index contributed by atoms with van der Waals surface area (Å²) in [5.41, 5.74) is 2.64. The van der Waals surface area contributed by atoms with Gasteiger partial charge in [-0.05, 0) is 37.1 Å². The van der Waals surface area contributed by atoms with Crippen LogP contribution in [0.25, 0.3) is 10.9 Å². The zero-order valence-corrected chi connectivity index (χ0v) is 14.6. The van der Waals surface area contributed by atoms with E-state index in [4.69, 9.17) is 0 Å². The van der Waals surface area contributed by atoms with Crippen LogP contribution in [0.15, 0.2) is 53.7 Å². The fraction of sp³-hybridized carbons (Fsp3) is 0.250. The first-order valence-electron chi connectivity index (χ1n) is 8.32. The molecule has 25 heavy (non-hydrogen) atoms. The molecule has 5 heteroatoms. The van der Waals surface area contributed by atoms with E-state index in [0.29, 0.717) is 11.8 Å². The van der Waals surface area contributed by atoms with Crippen molar-refractivity contribution in [3.63, 3.8) is 0 Å². The molecule has 1 atom stereocenters. The lowest BCUT2D eigenvalue weighted by atomic mass is 10.1. The first-order chi connectivity index (χ1) is 12.0. The third kappa shape index (κ3) is 3.31. The number of pyridine rings is 2. The number of nitrogens with one attached hydrogen (secondary N) is 1. The number of nitrogens with zero attached hydrogens (tertiary/aromatic N) is 2. The highest BCUT2D eigenvalue weighted by Crippen LogP contribution is 2.17. The van der Waals surface area contributed by atoms with Gasteiger partial charge in [-0.2, -0.15) is 0 Å². The van der Waals surface area contributed by atoms with E-state index in [-0.39, 0.29) is 22.9 Å². The fourth-order valence-corrected chi connectivity index (χ4v) is 3.01. The molecule has 128 valence electrons. The molecule has 0 bridgehead atoms. The highest BCUT2D eigenvalue weighted by molar-refractivity contribution is 5.97. The quantitative estimate of drug-likeness (QED) is 0.797. The predicted octanol–water partition coefficient (Wildman–Crippen LogP) is 3.12. The molecule has 0 fully saturated rings. The molecular formula is C20H21N3O2. The molecule has 3 rings (SSSR count). The molecule has 1 unspecified atom stereocenters. The number of rotatable bonds is 4. The van der Waals surface area contributed by atoms with Gasteiger partial charge < -0.3 is 9.88 Å². The summed E-state index contributed by atoms with van der Waals surface area (Å²) >= 11 is 0. The number of aromatic nitrogens is 2. The normalized spacial score (nSPS) is 12.1. The molecule has 2 heterocycles. The van der Waals surface area contributed by atoms with E-state index in [1.54, 1.807) is 18.6 Å². The van der Waals surface area contributed by atoms with Gasteiger partial charge in [-0.25, -0.2) is 0 Å². The molecule has 1 aromatic carbocycles. The molecule has 5 nitrogen and oxygen atoms in total. The summed E-state index contributed by atoms with van der Waals surface area (Å²) in [5, 5.41) is 3.51. The van der Waals surface area contributed by atoms with E-state index in [9.17, 15) is 9.59 Å². The fourth-order valence-electron chi connectivity index (χ4n) is 3.01. The number of hydrogen-bond acceptors (Lipinski definition) is 3. The Kier molecular flexibility index (Phi) is 4.65. The Morgan fingerprint density at radius 3 is 2.80 bits per heavy atom. The van der Waals surface area contributed by atoms with Gasteiger partial charge in [0.2, 0.25) is 5.43 Å². The van der Waals surface area contributed by atoms with E-state index < -0.39 is 0 Å². The van der Waals surface area contributed by atoms with Crippen molar-refractivity contribution in [2.75, 3.05) is 0 Å². The maximum absolute atomic E-state index is 12.8. The van der Waals surface area contributed by atoms with E-state index >= 15 is 0 Å². The van der Waals surface area contributed by atoms with Crippen molar-refractivity contribution < 1.29 is 4.79 Å². The standard InChI is InChI=1S/C20H21N3O2/c1-4-17(14-6-5-9-21-11-14)22-20(25)16-12-23(3)18-8-7-13(2)10-15(18)19(16)24/h5-12,17H,4H2,1-3H3,(H,22,25). The van der Waals surface area contributed by atoms with Crippen LogP contribution in [0.1, 0.15) is 40.9 Å². The van der Waals surface area contributed by atoms with Crippen LogP contribution in [-0.2, 0) is 7.05 Å². The second-order valence-electron chi connectivity index (χ2n) is 6.22. The van der Waals surface area contributed by atoms with Crippen molar-refractivity contribution >= 4 is 16.8 Å². The summed E-state index contributed by atoms with van der Waals surface area (Å²) in [4.78, 5) is 29.6. The van der Waals surface area contributed by atoms with Crippen molar-refractivity contribution in [1.82, 2.24) is 14.9 Å². The number of fused-ring (bicyclic) bond motifs is 1. The molecule has 0 saturated carbocycles. The third-order valence-corrected chi connectivity index (χ3v) is 4.39. The number of amides is 1. The minimum absolute atomic E-state index is 0.156. The van der Waals surface area contributed by atoms with Crippen LogP contribution in [0.4, 0.5) is 0 Å². The summed E-state index contributed by atoms with van der Waals surface area (Å²) in [5.74, 6) is -0.361. The number of carbonyl (C=O) groups excluding carboxylic acids is 1. The van der Waals surface area contributed by atoms with Crippen LogP contribution < -0.4 is 10.7 Å². The van der Waals surface area contributed by atoms with E-state index in [0.717, 1.165) is 16.6 Å². The van der Waals surface area contributed by atoms with Gasteiger partial charge in [0.1, 0.15) is 5.56 Å². The molecule has 2 aromatic heterocycles. The van der Waals surface area contributed by atoms with Gasteiger partial charge in [0.25, 0.3) is 5.91 Å². The zero-order valence-electron chi connectivity index (χ0n) is 14.6. The van der Waals surface area contributed by atoms with Crippen molar-refractivity contribution in [1.29, 1.82) is 0 Å². The van der Waals surface area contributed by atoms with Gasteiger partial charge in [0.05, 0.1) is 11.6 Å². The summed E-state index contributed by atoms with van der Waals surface area (Å²) in [6, 6.07) is 9.26. The second-order valence-corrected chi connectivity index (χ2v) is 6.22. The van der Waals surface area contributed by atoms with E-state index in [2.05, 4.69) is 10.3 Å². The lowest BCUT2D eigenvalue weighted by Gasteiger charge is -2.17. The Balaban J connectivity index is 2.00. The van der Waals surface area contributed by atoms with Crippen molar-refractivity contribution in [3.05, 3.63) is 75.8 Å². The lowest BCUT2D eigenvalue weighted by Crippen LogP contribution is -2.32. The highest BCUT2D eigenvalue weighted by Gasteiger charge is 2.18. The first-order valence-corrected chi connectivity index (χ1v) is 8.32. The maximum Gasteiger partial charge on any atom is 0.257 e. The molecule has 0 radical (unpaired) electrons. The number of carbonyl (C=O) groups is 1. The Labute approximate surface area is 146 Å². The molecule has 3 aromatic rings. The molecular weight excluding hydrogens is 314 g/mol. The van der Waals surface area contributed by atoms with Crippen molar-refractivity contribution in [2.45, 2.75) is 26.3 Å². The summed E-state index contributed by atoms with van der Waals surface area (Å²) < 4.78 is 1.82. The SMILES string of the molecule is CCC(NC(=O)c1cn(C)c2ccc(C)cc2c1=O)c1cccnc1. The lowest BCUT2D eigenvalue weighted by molar-refractivity contribution is 0.0934. The summed E-state index contributed by atoms with van der Waals surface area (Å²) in [6.07, 6.45) is 5.74. The smallest absolute Gasteiger partial charge is 0.257 e. The van der Waals surface area contributed by atoms with Crippen LogP contribution >= 0.6 is 0 Å². The monoisotopic (exact) mass is 335 g/mol. The van der Waals surface area contributed by atoms with Crippen LogP contribution in [0.3, 0.4) is 0 Å². The molecule has 0 aliphatic rings. The van der Waals surface area contributed by atoms with Gasteiger partial charge in [-0.1, -0.05) is 24.6 Å². The van der Waals surface area contributed by atoms with E-state index in [1.165, 1.54) is 0 Å². The molecule has 1 N–H and O–H groups in total. The molecule has 1 amide bonds. The van der Waals surface area contributed by atoms with Crippen LogP contribution in [0.2, 0.25) is 0 Å². The maximum atomic E-state index is 12.8. The van der Waals surface area contributed by atoms with Crippen LogP contribution in [-0.4, -0.2) is 15.5 Å². The predicted molar refractivity (Wildman–Crippen MR) is 98.7 cm³/mol. The minimum atomic E-state index is -0.361. The van der Waals surface area contributed by atoms with Gasteiger partial charge in [-0.3, -0.25) is 14.6 Å². The van der Waals surface area contributed by atoms with Crippen molar-refractivity contribution in [2.24, 2.45) is 7.05 Å². The first kappa shape index (κ1) is 16.9. The molecule has 0 spiro atoms. The molecule has 0 aliphatic carbocycles. The second kappa shape index (κ2) is 6.89. The van der Waals surface area contributed by atoms with Gasteiger partial charge in [0.15, 0.2) is 0 Å². The third-order valence-electron chi connectivity index (χ3n) is 4.39. The molecule has 0 aliphatic heterocycles. The van der Waals surface area contributed by atoms with E-state index in [1.807, 2.05) is 55.8 Å². The minimum Gasteiger partial charge on any atom is -0.350 e. The number of benzene rings is 1. The number of aryl methyl sites for hydroxylation is 2. The van der Waals surface area contributed by atoms with Gasteiger partial charge in [0, 0.05) is 31.0 Å². The topological polar surface area (TPSA) is 64.0 Å². The van der Waals surface area contributed by atoms with Crippen LogP contribution in [0.5, 0.6) is 0 Å². The largest absolute Gasteiger partial charge is 0.350 e. The Hall–Kier alpha value is -2.95. The van der Waals surface area contributed by atoms with Crippen molar-refractivity contribution in [3.8, 4) is 0 Å². The zero-order chi connectivity index (χ0) is 18.0. The Morgan fingerprint density at radius 1 is 1.32 bits per heavy atom. The molecule has 0 saturated heterocycles. The van der Waals surface area contributed by atoms with Gasteiger partial charge >= 0.3 is 0 Å². The average molecular weight is 335 g/mol. The highest BCUT2D eigenvalue weighted by atomic mass is 16.2. The Morgan fingerprint density at radius 2 is 2.12 bits per heavy atom. The Bertz CT molecular complexity index is 977.